The fourth-order valence-electron chi connectivity index (χ4n) is 2.44. The molecule has 1 saturated heterocycles. The molecule has 5 nitrogen and oxygen atoms in total. The lowest BCUT2D eigenvalue weighted by atomic mass is 9.99. The highest BCUT2D eigenvalue weighted by Gasteiger charge is 2.35. The molecule has 0 aromatic heterocycles. The molecule has 3 N–H and O–H groups in total. The second-order valence-corrected chi connectivity index (χ2v) is 5.43. The van der Waals surface area contributed by atoms with Crippen molar-refractivity contribution in [1.29, 1.82) is 0 Å². The van der Waals surface area contributed by atoms with Gasteiger partial charge in [0, 0.05) is 18.3 Å². The molecule has 0 aliphatic carbocycles. The average molecular weight is 275 g/mol. The average Bonchev–Trinajstić information content (AvgIpc) is 2.88. The van der Waals surface area contributed by atoms with Crippen molar-refractivity contribution in [2.45, 2.75) is 32.2 Å². The van der Waals surface area contributed by atoms with E-state index in [4.69, 9.17) is 0 Å². The van der Waals surface area contributed by atoms with Crippen LogP contribution in [0.15, 0.2) is 18.2 Å². The molecule has 20 heavy (non-hydrogen) atoms. The maximum atomic E-state index is 12.3. The molecule has 2 rings (SSSR count). The van der Waals surface area contributed by atoms with Crippen LogP contribution in [-0.4, -0.2) is 30.9 Å². The first kappa shape index (κ1) is 14.5. The van der Waals surface area contributed by atoms with Gasteiger partial charge < -0.3 is 16.0 Å². The van der Waals surface area contributed by atoms with Crippen LogP contribution in [-0.2, 0) is 4.79 Å². The molecule has 1 aliphatic rings. The summed E-state index contributed by atoms with van der Waals surface area (Å²) in [7, 11) is 1.60. The number of benzene rings is 1. The van der Waals surface area contributed by atoms with Crippen molar-refractivity contribution in [2.24, 2.45) is 0 Å². The van der Waals surface area contributed by atoms with Crippen molar-refractivity contribution in [3.05, 3.63) is 29.3 Å². The van der Waals surface area contributed by atoms with Crippen molar-refractivity contribution in [2.75, 3.05) is 18.9 Å². The van der Waals surface area contributed by atoms with Crippen LogP contribution in [0.4, 0.5) is 5.69 Å². The van der Waals surface area contributed by atoms with Gasteiger partial charge in [-0.15, -0.1) is 0 Å². The fraction of sp³-hybridized carbons (Fsp3) is 0.467. The molecule has 0 radical (unpaired) electrons. The van der Waals surface area contributed by atoms with E-state index in [0.717, 1.165) is 30.6 Å². The first-order chi connectivity index (χ1) is 9.46. The Morgan fingerprint density at radius 2 is 2.10 bits per heavy atom. The highest BCUT2D eigenvalue weighted by molar-refractivity contribution is 5.99. The second-order valence-electron chi connectivity index (χ2n) is 5.43. The third-order valence-corrected chi connectivity index (χ3v) is 3.83. The van der Waals surface area contributed by atoms with Crippen LogP contribution >= 0.6 is 0 Å². The molecule has 1 aliphatic heterocycles. The van der Waals surface area contributed by atoms with Crippen molar-refractivity contribution in [3.63, 3.8) is 0 Å². The predicted molar refractivity (Wildman–Crippen MR) is 78.8 cm³/mol. The number of nitrogens with one attached hydrogen (secondary N) is 3. The van der Waals surface area contributed by atoms with Crippen LogP contribution in [0.25, 0.3) is 0 Å². The van der Waals surface area contributed by atoms with Gasteiger partial charge in [-0.1, -0.05) is 0 Å². The Bertz CT molecular complexity index is 534. The van der Waals surface area contributed by atoms with E-state index >= 15 is 0 Å². The van der Waals surface area contributed by atoms with Crippen molar-refractivity contribution >= 4 is 17.5 Å². The summed E-state index contributed by atoms with van der Waals surface area (Å²) in [5.41, 5.74) is 1.72. The van der Waals surface area contributed by atoms with E-state index in [-0.39, 0.29) is 11.8 Å². The molecular weight excluding hydrogens is 254 g/mol. The summed E-state index contributed by atoms with van der Waals surface area (Å²) in [6.45, 7) is 4.68. The SMILES string of the molecule is CNC(=O)c1ccc(NC(=O)C2(C)CCCN2)c(C)c1. The van der Waals surface area contributed by atoms with Gasteiger partial charge in [0.15, 0.2) is 0 Å². The van der Waals surface area contributed by atoms with E-state index < -0.39 is 5.54 Å². The summed E-state index contributed by atoms with van der Waals surface area (Å²) in [6.07, 6.45) is 1.85. The van der Waals surface area contributed by atoms with E-state index in [1.54, 1.807) is 25.2 Å². The smallest absolute Gasteiger partial charge is 0.251 e. The summed E-state index contributed by atoms with van der Waals surface area (Å²) in [5, 5.41) is 8.76. The van der Waals surface area contributed by atoms with Crippen molar-refractivity contribution in [3.8, 4) is 0 Å². The molecule has 1 aromatic rings. The minimum Gasteiger partial charge on any atom is -0.355 e. The lowest BCUT2D eigenvalue weighted by Crippen LogP contribution is -2.48. The van der Waals surface area contributed by atoms with Gasteiger partial charge in [-0.25, -0.2) is 0 Å². The zero-order chi connectivity index (χ0) is 14.8. The number of carbonyl (C=O) groups is 2. The molecule has 1 aromatic carbocycles. The van der Waals surface area contributed by atoms with E-state index in [9.17, 15) is 9.59 Å². The highest BCUT2D eigenvalue weighted by Crippen LogP contribution is 2.23. The Morgan fingerprint density at radius 3 is 2.65 bits per heavy atom. The molecule has 2 amide bonds. The summed E-state index contributed by atoms with van der Waals surface area (Å²) in [6, 6.07) is 5.26. The van der Waals surface area contributed by atoms with Crippen LogP contribution in [0.3, 0.4) is 0 Å². The molecule has 1 unspecified atom stereocenters. The summed E-state index contributed by atoms with van der Waals surface area (Å²) >= 11 is 0. The molecule has 1 atom stereocenters. The Labute approximate surface area is 119 Å². The Kier molecular flexibility index (Phi) is 4.09. The van der Waals surface area contributed by atoms with Crippen LogP contribution in [0, 0.1) is 6.92 Å². The fourth-order valence-corrected chi connectivity index (χ4v) is 2.44. The Hall–Kier alpha value is -1.88. The zero-order valence-electron chi connectivity index (χ0n) is 12.2. The number of hydrogen-bond donors (Lipinski definition) is 3. The van der Waals surface area contributed by atoms with Gasteiger partial charge in [0.2, 0.25) is 5.91 Å². The number of aryl methyl sites for hydroxylation is 1. The quantitative estimate of drug-likeness (QED) is 0.781. The molecule has 0 bridgehead atoms. The van der Waals surface area contributed by atoms with Gasteiger partial charge in [-0.05, 0) is 57.0 Å². The normalized spacial score (nSPS) is 21.6. The minimum absolute atomic E-state index is 0.0224. The molecular formula is C15H21N3O2. The maximum Gasteiger partial charge on any atom is 0.251 e. The Balaban J connectivity index is 2.14. The van der Waals surface area contributed by atoms with Gasteiger partial charge in [-0.2, -0.15) is 0 Å². The monoisotopic (exact) mass is 275 g/mol. The van der Waals surface area contributed by atoms with Gasteiger partial charge in [0.25, 0.3) is 5.91 Å². The first-order valence-electron chi connectivity index (χ1n) is 6.85. The third kappa shape index (κ3) is 2.82. The van der Waals surface area contributed by atoms with Crippen LogP contribution in [0.1, 0.15) is 35.7 Å². The van der Waals surface area contributed by atoms with Gasteiger partial charge in [0.1, 0.15) is 0 Å². The lowest BCUT2D eigenvalue weighted by molar-refractivity contribution is -0.121. The number of rotatable bonds is 3. The Morgan fingerprint density at radius 1 is 1.35 bits per heavy atom. The topological polar surface area (TPSA) is 70.2 Å². The van der Waals surface area contributed by atoms with E-state index in [1.165, 1.54) is 0 Å². The van der Waals surface area contributed by atoms with Gasteiger partial charge in [0.05, 0.1) is 5.54 Å². The van der Waals surface area contributed by atoms with Crippen LogP contribution < -0.4 is 16.0 Å². The van der Waals surface area contributed by atoms with E-state index in [0.29, 0.717) is 5.56 Å². The van der Waals surface area contributed by atoms with Gasteiger partial charge in [-0.3, -0.25) is 9.59 Å². The first-order valence-corrected chi connectivity index (χ1v) is 6.85. The molecule has 1 heterocycles. The van der Waals surface area contributed by atoms with E-state index in [2.05, 4.69) is 16.0 Å². The van der Waals surface area contributed by atoms with Crippen molar-refractivity contribution < 1.29 is 9.59 Å². The van der Waals surface area contributed by atoms with E-state index in [1.807, 2.05) is 13.8 Å². The molecule has 0 saturated carbocycles. The summed E-state index contributed by atoms with van der Waals surface area (Å²) < 4.78 is 0. The molecule has 5 heteroatoms. The predicted octanol–water partition coefficient (Wildman–Crippen LogP) is 1.44. The number of amides is 2. The lowest BCUT2D eigenvalue weighted by Gasteiger charge is -2.23. The molecule has 0 spiro atoms. The largest absolute Gasteiger partial charge is 0.355 e. The summed E-state index contributed by atoms with van der Waals surface area (Å²) in [5.74, 6) is -0.152. The second kappa shape index (κ2) is 5.63. The van der Waals surface area contributed by atoms with Crippen LogP contribution in [0.2, 0.25) is 0 Å². The minimum atomic E-state index is -0.494. The number of anilines is 1. The number of hydrogen-bond acceptors (Lipinski definition) is 3. The molecule has 108 valence electrons. The maximum absolute atomic E-state index is 12.3. The standard InChI is InChI=1S/C15H21N3O2/c1-10-9-11(13(19)16-3)5-6-12(10)18-14(20)15(2)7-4-8-17-15/h5-6,9,17H,4,7-8H2,1-3H3,(H,16,19)(H,18,20). The van der Waals surface area contributed by atoms with Crippen LogP contribution in [0.5, 0.6) is 0 Å². The highest BCUT2D eigenvalue weighted by atomic mass is 16.2. The summed E-state index contributed by atoms with van der Waals surface area (Å²) in [4.78, 5) is 23.9. The molecule has 1 fully saturated rings. The van der Waals surface area contributed by atoms with Crippen molar-refractivity contribution in [1.82, 2.24) is 10.6 Å². The third-order valence-electron chi connectivity index (χ3n) is 3.83. The van der Waals surface area contributed by atoms with Gasteiger partial charge >= 0.3 is 0 Å². The zero-order valence-corrected chi connectivity index (χ0v) is 12.2. The number of carbonyl (C=O) groups excluding carboxylic acids is 2.